The minimum atomic E-state index is -0.590. The van der Waals surface area contributed by atoms with Gasteiger partial charge in [-0.3, -0.25) is 9.59 Å². The number of rotatable bonds is 10. The average Bonchev–Trinajstić information content (AvgIpc) is 2.70. The minimum Gasteiger partial charge on any atom is -0.481 e. The molecule has 2 aromatic carbocycles. The second kappa shape index (κ2) is 11.1. The quantitative estimate of drug-likeness (QED) is 0.603. The Morgan fingerprint density at radius 2 is 1.14 bits per heavy atom. The fourth-order valence-corrected chi connectivity index (χ4v) is 2.66. The van der Waals surface area contributed by atoms with Crippen LogP contribution in [0.4, 0.5) is 0 Å². The standard InChI is InChI=1S/C23H30N2O4/c1-16-10-5-7-12-20(16)28-18(3)22(26)24-14-9-15-25-23(27)19(4)29-21-13-8-6-11-17(21)2/h5-8,10-13,18-19H,9,14-15H2,1-4H3,(H,24,26)(H,25,27). The van der Waals surface area contributed by atoms with Crippen molar-refractivity contribution in [3.8, 4) is 11.5 Å². The molecule has 6 nitrogen and oxygen atoms in total. The second-order valence-corrected chi connectivity index (χ2v) is 6.99. The molecule has 0 spiro atoms. The zero-order chi connectivity index (χ0) is 21.2. The van der Waals surface area contributed by atoms with Crippen LogP contribution in [0.3, 0.4) is 0 Å². The Kier molecular flexibility index (Phi) is 8.52. The largest absolute Gasteiger partial charge is 0.481 e. The van der Waals surface area contributed by atoms with Gasteiger partial charge >= 0.3 is 0 Å². The summed E-state index contributed by atoms with van der Waals surface area (Å²) in [5.74, 6) is 1.03. The van der Waals surface area contributed by atoms with Gasteiger partial charge in [0.15, 0.2) is 12.2 Å². The molecule has 0 saturated carbocycles. The highest BCUT2D eigenvalue weighted by Crippen LogP contribution is 2.18. The Bertz CT molecular complexity index is 755. The molecule has 0 bridgehead atoms. The van der Waals surface area contributed by atoms with Crippen LogP contribution in [0, 0.1) is 13.8 Å². The summed E-state index contributed by atoms with van der Waals surface area (Å²) < 4.78 is 11.4. The van der Waals surface area contributed by atoms with Gasteiger partial charge < -0.3 is 20.1 Å². The number of para-hydroxylation sites is 2. The first-order valence-corrected chi connectivity index (χ1v) is 9.88. The number of amides is 2. The van der Waals surface area contributed by atoms with Gasteiger partial charge in [0.25, 0.3) is 11.8 Å². The highest BCUT2D eigenvalue weighted by Gasteiger charge is 2.16. The third kappa shape index (κ3) is 7.14. The van der Waals surface area contributed by atoms with Crippen LogP contribution in [0.1, 0.15) is 31.4 Å². The van der Waals surface area contributed by atoms with Crippen molar-refractivity contribution in [3.05, 3.63) is 59.7 Å². The smallest absolute Gasteiger partial charge is 0.260 e. The Labute approximate surface area is 172 Å². The molecule has 2 rings (SSSR count). The number of nitrogens with one attached hydrogen (secondary N) is 2. The van der Waals surface area contributed by atoms with Gasteiger partial charge in [0.1, 0.15) is 11.5 Å². The van der Waals surface area contributed by atoms with E-state index in [0.717, 1.165) is 11.1 Å². The monoisotopic (exact) mass is 398 g/mol. The Balaban J connectivity index is 1.64. The molecule has 0 aliphatic carbocycles. The molecule has 0 radical (unpaired) electrons. The molecule has 2 amide bonds. The van der Waals surface area contributed by atoms with Crippen LogP contribution in [0.15, 0.2) is 48.5 Å². The van der Waals surface area contributed by atoms with Gasteiger partial charge in [-0.15, -0.1) is 0 Å². The zero-order valence-corrected chi connectivity index (χ0v) is 17.5. The molecule has 2 N–H and O–H groups in total. The maximum absolute atomic E-state index is 12.2. The van der Waals surface area contributed by atoms with E-state index >= 15 is 0 Å². The van der Waals surface area contributed by atoms with Crippen molar-refractivity contribution in [1.29, 1.82) is 0 Å². The molecule has 29 heavy (non-hydrogen) atoms. The van der Waals surface area contributed by atoms with Crippen LogP contribution in [0.25, 0.3) is 0 Å². The zero-order valence-electron chi connectivity index (χ0n) is 17.5. The number of benzene rings is 2. The van der Waals surface area contributed by atoms with Crippen molar-refractivity contribution in [2.45, 2.75) is 46.3 Å². The van der Waals surface area contributed by atoms with E-state index in [-0.39, 0.29) is 11.8 Å². The summed E-state index contributed by atoms with van der Waals surface area (Å²) in [6.45, 7) is 8.21. The van der Waals surface area contributed by atoms with Gasteiger partial charge in [0, 0.05) is 13.1 Å². The summed E-state index contributed by atoms with van der Waals surface area (Å²) in [6, 6.07) is 15.2. The lowest BCUT2D eigenvalue weighted by Crippen LogP contribution is -2.40. The molecule has 0 heterocycles. The maximum Gasteiger partial charge on any atom is 0.260 e. The molecular weight excluding hydrogens is 368 g/mol. The van der Waals surface area contributed by atoms with Crippen molar-refractivity contribution in [2.24, 2.45) is 0 Å². The second-order valence-electron chi connectivity index (χ2n) is 6.99. The van der Waals surface area contributed by atoms with Gasteiger partial charge in [-0.2, -0.15) is 0 Å². The molecule has 0 aromatic heterocycles. The van der Waals surface area contributed by atoms with Gasteiger partial charge in [0.2, 0.25) is 0 Å². The van der Waals surface area contributed by atoms with E-state index in [1.807, 2.05) is 62.4 Å². The Morgan fingerprint density at radius 1 is 0.759 bits per heavy atom. The van der Waals surface area contributed by atoms with Crippen LogP contribution >= 0.6 is 0 Å². The first-order chi connectivity index (χ1) is 13.9. The number of hydrogen-bond acceptors (Lipinski definition) is 4. The fraction of sp³-hybridized carbons (Fsp3) is 0.391. The van der Waals surface area contributed by atoms with E-state index in [1.54, 1.807) is 13.8 Å². The Morgan fingerprint density at radius 3 is 1.52 bits per heavy atom. The van der Waals surface area contributed by atoms with Crippen LogP contribution < -0.4 is 20.1 Å². The summed E-state index contributed by atoms with van der Waals surface area (Å²) in [5.41, 5.74) is 1.97. The predicted octanol–water partition coefficient (Wildman–Crippen LogP) is 3.16. The molecule has 156 valence electrons. The van der Waals surface area contributed by atoms with Crippen molar-refractivity contribution >= 4 is 11.8 Å². The number of carbonyl (C=O) groups excluding carboxylic acids is 2. The van der Waals surface area contributed by atoms with Crippen LogP contribution in [-0.2, 0) is 9.59 Å². The van der Waals surface area contributed by atoms with Gasteiger partial charge in [0.05, 0.1) is 0 Å². The summed E-state index contributed by atoms with van der Waals surface area (Å²) in [4.78, 5) is 24.3. The van der Waals surface area contributed by atoms with Crippen LogP contribution in [0.5, 0.6) is 11.5 Å². The third-order valence-corrected chi connectivity index (χ3v) is 4.49. The van der Waals surface area contributed by atoms with Crippen LogP contribution in [0.2, 0.25) is 0 Å². The van der Waals surface area contributed by atoms with Crippen molar-refractivity contribution in [3.63, 3.8) is 0 Å². The van der Waals surface area contributed by atoms with Gasteiger partial charge in [-0.05, 0) is 57.4 Å². The normalized spacial score (nSPS) is 12.6. The summed E-state index contributed by atoms with van der Waals surface area (Å²) >= 11 is 0. The molecule has 6 heteroatoms. The van der Waals surface area contributed by atoms with Crippen LogP contribution in [-0.4, -0.2) is 37.1 Å². The van der Waals surface area contributed by atoms with E-state index in [1.165, 1.54) is 0 Å². The molecule has 0 fully saturated rings. The van der Waals surface area contributed by atoms with E-state index in [0.29, 0.717) is 31.0 Å². The average molecular weight is 399 g/mol. The lowest BCUT2D eigenvalue weighted by molar-refractivity contribution is -0.127. The van der Waals surface area contributed by atoms with Crippen molar-refractivity contribution in [1.82, 2.24) is 10.6 Å². The topological polar surface area (TPSA) is 76.7 Å². The first-order valence-electron chi connectivity index (χ1n) is 9.88. The summed E-state index contributed by atoms with van der Waals surface area (Å²) in [5, 5.41) is 5.65. The van der Waals surface area contributed by atoms with E-state index in [9.17, 15) is 9.59 Å². The number of carbonyl (C=O) groups is 2. The molecular formula is C23H30N2O4. The van der Waals surface area contributed by atoms with Crippen molar-refractivity contribution in [2.75, 3.05) is 13.1 Å². The summed E-state index contributed by atoms with van der Waals surface area (Å²) in [7, 11) is 0. The number of hydrogen-bond donors (Lipinski definition) is 2. The number of aryl methyl sites for hydroxylation is 2. The predicted molar refractivity (Wildman–Crippen MR) is 113 cm³/mol. The van der Waals surface area contributed by atoms with E-state index < -0.39 is 12.2 Å². The fourth-order valence-electron chi connectivity index (χ4n) is 2.66. The van der Waals surface area contributed by atoms with E-state index in [4.69, 9.17) is 9.47 Å². The third-order valence-electron chi connectivity index (χ3n) is 4.49. The van der Waals surface area contributed by atoms with E-state index in [2.05, 4.69) is 10.6 Å². The summed E-state index contributed by atoms with van der Waals surface area (Å²) in [6.07, 6.45) is -0.562. The molecule has 2 atom stereocenters. The van der Waals surface area contributed by atoms with Gasteiger partial charge in [-0.1, -0.05) is 36.4 Å². The number of ether oxygens (including phenoxy) is 2. The van der Waals surface area contributed by atoms with Gasteiger partial charge in [-0.25, -0.2) is 0 Å². The highest BCUT2D eigenvalue weighted by molar-refractivity contribution is 5.81. The molecule has 2 unspecified atom stereocenters. The van der Waals surface area contributed by atoms with Crippen molar-refractivity contribution < 1.29 is 19.1 Å². The maximum atomic E-state index is 12.2. The molecule has 2 aromatic rings. The molecule has 0 aliphatic heterocycles. The first kappa shape index (κ1) is 22.3. The lowest BCUT2D eigenvalue weighted by Gasteiger charge is -2.17. The molecule has 0 aliphatic rings. The highest BCUT2D eigenvalue weighted by atomic mass is 16.5. The Hall–Kier alpha value is -3.02. The minimum absolute atomic E-state index is 0.184. The molecule has 0 saturated heterocycles. The SMILES string of the molecule is Cc1ccccc1OC(C)C(=O)NCCCNC(=O)C(C)Oc1ccccc1C. The lowest BCUT2D eigenvalue weighted by atomic mass is 10.2.